The van der Waals surface area contributed by atoms with Crippen LogP contribution in [-0.4, -0.2) is 80.0 Å². The highest BCUT2D eigenvalue weighted by Gasteiger charge is 2.16. The molecule has 2 atom stereocenters. The van der Waals surface area contributed by atoms with Gasteiger partial charge in [-0.3, -0.25) is 14.2 Å². The number of quaternary nitrogens is 1. The number of nitrogens with zero attached hydrogens (tertiary/aromatic N) is 1. The molecule has 306 valence electrons. The number of carbonyl (C=O) groups excluding carboxylic acids is 2. The normalized spacial score (nSPS) is 13.3. The Kier molecular flexibility index (Phi) is 38.1. The molecule has 0 rings (SSSR count). The van der Waals surface area contributed by atoms with Gasteiger partial charge in [-0.1, -0.05) is 168 Å². The molecule has 0 heterocycles. The number of hydrogen-bond acceptors (Lipinski definition) is 8. The highest BCUT2D eigenvalue weighted by atomic mass is 31.2. The van der Waals surface area contributed by atoms with Crippen molar-refractivity contribution in [2.75, 3.05) is 47.5 Å². The predicted octanol–water partition coefficient (Wildman–Crippen LogP) is 9.57. The first-order chi connectivity index (χ1) is 24.3. The van der Waals surface area contributed by atoms with Gasteiger partial charge >= 0.3 is 11.9 Å². The Morgan fingerprint density at radius 1 is 0.608 bits per heavy atom. The fraction of sp³-hybridized carbons (Fsp3) is 0.950. The smallest absolute Gasteiger partial charge is 0.306 e. The number of phosphoric ester groups is 1. The summed E-state index contributed by atoms with van der Waals surface area (Å²) < 4.78 is 25.4. The molecular formula is C40H82NO9P. The molecule has 0 aromatic heterocycles. The quantitative estimate of drug-likeness (QED) is 0.0277. The predicted molar refractivity (Wildman–Crippen MR) is 207 cm³/mol. The van der Waals surface area contributed by atoms with Crippen molar-refractivity contribution in [2.45, 2.75) is 200 Å². The van der Waals surface area contributed by atoms with Crippen LogP contribution in [0.5, 0.6) is 0 Å². The molecule has 0 aromatic rings. The van der Waals surface area contributed by atoms with Crippen LogP contribution in [0.15, 0.2) is 0 Å². The zero-order chi connectivity index (χ0) is 38.5. The first kappa shape index (κ1) is 52.1. The Balaban J connectivity index is 0. The highest BCUT2D eigenvalue weighted by Crippen LogP contribution is 2.29. The molecule has 2 N–H and O–H groups in total. The molecule has 0 amide bonds. The third-order valence-electron chi connectivity index (χ3n) is 8.92. The SMILES string of the molecule is CCCCCCCCCCCCCCCCCC(=O)OC[C@H](CO)OC(=O)CCCCCCCCCCCCC.C[N+](C)(C)CCOP(=O)([O-])O. The summed E-state index contributed by atoms with van der Waals surface area (Å²) in [7, 11) is 1.19. The zero-order valence-corrected chi connectivity index (χ0v) is 34.7. The molecule has 1 unspecified atom stereocenters. The summed E-state index contributed by atoms with van der Waals surface area (Å²) >= 11 is 0. The highest BCUT2D eigenvalue weighted by molar-refractivity contribution is 7.44. The summed E-state index contributed by atoms with van der Waals surface area (Å²) in [5.41, 5.74) is 0. The summed E-state index contributed by atoms with van der Waals surface area (Å²) in [6.07, 6.45) is 33.0. The number of phosphoric acid groups is 1. The number of rotatable bonds is 36. The first-order valence-electron chi connectivity index (χ1n) is 20.8. The molecule has 0 spiro atoms. The van der Waals surface area contributed by atoms with E-state index in [-0.39, 0.29) is 31.8 Å². The number of likely N-dealkylation sites (N-methyl/N-ethyl adjacent to an activating group) is 1. The summed E-state index contributed by atoms with van der Waals surface area (Å²) in [5.74, 6) is -0.581. The summed E-state index contributed by atoms with van der Waals surface area (Å²) in [5, 5.41) is 9.50. The maximum atomic E-state index is 12.1. The first-order valence-corrected chi connectivity index (χ1v) is 22.3. The average molecular weight is 752 g/mol. The maximum absolute atomic E-state index is 12.1. The van der Waals surface area contributed by atoms with Gasteiger partial charge in [0.2, 0.25) is 0 Å². The minimum atomic E-state index is -4.51. The lowest BCUT2D eigenvalue weighted by Crippen LogP contribution is -2.37. The molecule has 11 heteroatoms. The van der Waals surface area contributed by atoms with Crippen LogP contribution in [0.2, 0.25) is 0 Å². The lowest BCUT2D eigenvalue weighted by Gasteiger charge is -2.25. The van der Waals surface area contributed by atoms with Crippen LogP contribution >= 0.6 is 7.82 Å². The van der Waals surface area contributed by atoms with E-state index in [4.69, 9.17) is 14.4 Å². The van der Waals surface area contributed by atoms with Gasteiger partial charge in [-0.05, 0) is 12.8 Å². The number of aliphatic hydroxyl groups excluding tert-OH is 1. The van der Waals surface area contributed by atoms with Crippen molar-refractivity contribution in [1.29, 1.82) is 0 Å². The summed E-state index contributed by atoms with van der Waals surface area (Å²) in [6.45, 7) is 4.69. The minimum Gasteiger partial charge on any atom is -0.756 e. The topological polar surface area (TPSA) is 142 Å². The second-order valence-electron chi connectivity index (χ2n) is 15.3. The van der Waals surface area contributed by atoms with E-state index in [9.17, 15) is 24.2 Å². The van der Waals surface area contributed by atoms with E-state index < -0.39 is 13.9 Å². The van der Waals surface area contributed by atoms with Crippen molar-refractivity contribution in [1.82, 2.24) is 0 Å². The van der Waals surface area contributed by atoms with Gasteiger partial charge in [-0.25, -0.2) is 0 Å². The standard InChI is InChI=1S/C35H68O5.C5H14NO4P/c1-3-5-7-9-11-13-15-16-17-18-20-21-23-25-27-29-34(37)39-32-33(31-36)40-35(38)30-28-26-24-22-19-14-12-10-8-6-4-2;1-6(2,3)4-5-10-11(7,8)9/h33,36H,3-32H2,1-2H3;4-5H2,1-3H3,(H-,7,8,9)/t33-;/m0./s1. The maximum Gasteiger partial charge on any atom is 0.306 e. The minimum absolute atomic E-state index is 0.0147. The Labute approximate surface area is 314 Å². The number of esters is 2. The van der Waals surface area contributed by atoms with Gasteiger partial charge < -0.3 is 33.4 Å². The van der Waals surface area contributed by atoms with E-state index in [2.05, 4.69) is 18.4 Å². The number of unbranched alkanes of at least 4 members (excludes halogenated alkanes) is 24. The van der Waals surface area contributed by atoms with Gasteiger partial charge in [0.15, 0.2) is 6.10 Å². The van der Waals surface area contributed by atoms with Crippen LogP contribution in [0.4, 0.5) is 0 Å². The average Bonchev–Trinajstić information content (AvgIpc) is 3.06. The molecule has 0 aliphatic rings. The van der Waals surface area contributed by atoms with Crippen molar-refractivity contribution in [3.63, 3.8) is 0 Å². The second-order valence-corrected chi connectivity index (χ2v) is 16.5. The van der Waals surface area contributed by atoms with E-state index in [0.717, 1.165) is 32.1 Å². The largest absolute Gasteiger partial charge is 0.756 e. The van der Waals surface area contributed by atoms with E-state index in [0.29, 0.717) is 23.9 Å². The molecule has 0 saturated carbocycles. The molecule has 0 radical (unpaired) electrons. The Hall–Kier alpha value is -1.03. The second kappa shape index (κ2) is 37.3. The molecule has 0 saturated heterocycles. The Morgan fingerprint density at radius 2 is 0.941 bits per heavy atom. The fourth-order valence-corrected chi connectivity index (χ4v) is 5.94. The van der Waals surface area contributed by atoms with Crippen LogP contribution in [0.1, 0.15) is 194 Å². The van der Waals surface area contributed by atoms with Gasteiger partial charge in [0.05, 0.1) is 27.7 Å². The van der Waals surface area contributed by atoms with E-state index in [1.807, 2.05) is 21.1 Å². The number of ether oxygens (including phenoxy) is 2. The lowest BCUT2D eigenvalue weighted by atomic mass is 10.0. The molecule has 0 aliphatic carbocycles. The van der Waals surface area contributed by atoms with Crippen molar-refractivity contribution in [3.05, 3.63) is 0 Å². The third-order valence-corrected chi connectivity index (χ3v) is 9.43. The zero-order valence-electron chi connectivity index (χ0n) is 33.9. The van der Waals surface area contributed by atoms with Crippen LogP contribution in [0, 0.1) is 0 Å². The van der Waals surface area contributed by atoms with Crippen LogP contribution in [0.25, 0.3) is 0 Å². The molecule has 0 bridgehead atoms. The van der Waals surface area contributed by atoms with E-state index >= 15 is 0 Å². The van der Waals surface area contributed by atoms with Gasteiger partial charge in [0.25, 0.3) is 7.82 Å². The van der Waals surface area contributed by atoms with Crippen molar-refractivity contribution in [3.8, 4) is 0 Å². The Bertz CT molecular complexity index is 816. The number of aliphatic hydroxyl groups is 1. The lowest BCUT2D eigenvalue weighted by molar-refractivity contribution is -0.870. The monoisotopic (exact) mass is 752 g/mol. The number of hydrogen-bond donors (Lipinski definition) is 2. The molecule has 0 aliphatic heterocycles. The van der Waals surface area contributed by atoms with E-state index in [1.54, 1.807) is 0 Å². The van der Waals surface area contributed by atoms with Crippen molar-refractivity contribution >= 4 is 19.8 Å². The van der Waals surface area contributed by atoms with Crippen LogP contribution < -0.4 is 4.89 Å². The summed E-state index contributed by atoms with van der Waals surface area (Å²) in [6, 6.07) is 0. The third kappa shape index (κ3) is 46.9. The van der Waals surface area contributed by atoms with Gasteiger partial charge in [0.1, 0.15) is 19.8 Å². The molecule has 0 aromatic carbocycles. The van der Waals surface area contributed by atoms with Gasteiger partial charge in [0, 0.05) is 12.8 Å². The molecule has 10 nitrogen and oxygen atoms in total. The fourth-order valence-electron chi connectivity index (χ4n) is 5.63. The van der Waals surface area contributed by atoms with Crippen molar-refractivity contribution in [2.24, 2.45) is 0 Å². The van der Waals surface area contributed by atoms with Gasteiger partial charge in [-0.2, -0.15) is 0 Å². The molecule has 51 heavy (non-hydrogen) atoms. The Morgan fingerprint density at radius 3 is 1.25 bits per heavy atom. The van der Waals surface area contributed by atoms with Crippen LogP contribution in [-0.2, 0) is 28.2 Å². The van der Waals surface area contributed by atoms with E-state index in [1.165, 1.54) is 135 Å². The van der Waals surface area contributed by atoms with Gasteiger partial charge in [-0.15, -0.1) is 0 Å². The van der Waals surface area contributed by atoms with Crippen molar-refractivity contribution < 1.29 is 47.5 Å². The number of carbonyl (C=O) groups is 2. The molecule has 0 fully saturated rings. The van der Waals surface area contributed by atoms with Crippen LogP contribution in [0.3, 0.4) is 0 Å². The summed E-state index contributed by atoms with van der Waals surface area (Å²) in [4.78, 5) is 42.4. The molecular weight excluding hydrogens is 669 g/mol.